The van der Waals surface area contributed by atoms with Gasteiger partial charge in [-0.05, 0) is 31.8 Å². The van der Waals surface area contributed by atoms with Gasteiger partial charge in [0.25, 0.3) is 0 Å². The average Bonchev–Trinajstić information content (AvgIpc) is 2.88. The number of hydrogen-bond donors (Lipinski definition) is 4. The molecule has 0 saturated carbocycles. The minimum absolute atomic E-state index is 0.134. The minimum Gasteiger partial charge on any atom is -0.481 e. The van der Waals surface area contributed by atoms with E-state index in [2.05, 4.69) is 22.5 Å². The van der Waals surface area contributed by atoms with Crippen molar-refractivity contribution in [3.63, 3.8) is 0 Å². The highest BCUT2D eigenvalue weighted by molar-refractivity contribution is 5.82. The molecule has 0 aromatic carbocycles. The number of carbonyl (C=O) groups excluding carboxylic acids is 1. The molecule has 1 saturated heterocycles. The third kappa shape index (κ3) is 6.44. The summed E-state index contributed by atoms with van der Waals surface area (Å²) in [6.45, 7) is 5.51. The molecule has 0 radical (unpaired) electrons. The normalized spacial score (nSPS) is 20.0. The Kier molecular flexibility index (Phi) is 6.93. The summed E-state index contributed by atoms with van der Waals surface area (Å²) in [4.78, 5) is 35.3. The highest BCUT2D eigenvalue weighted by Gasteiger charge is 2.23. The average molecular weight is 301 g/mol. The van der Waals surface area contributed by atoms with Crippen molar-refractivity contribution in [3.05, 3.63) is 0 Å². The van der Waals surface area contributed by atoms with Crippen LogP contribution >= 0.6 is 0 Å². The molecule has 120 valence electrons. The number of urea groups is 1. The second-order valence-corrected chi connectivity index (χ2v) is 5.23. The maximum Gasteiger partial charge on any atom is 0.326 e. The predicted octanol–water partition coefficient (Wildman–Crippen LogP) is -0.0546. The second kappa shape index (κ2) is 8.46. The summed E-state index contributed by atoms with van der Waals surface area (Å²) in [5, 5.41) is 22.4. The van der Waals surface area contributed by atoms with E-state index in [1.807, 2.05) is 0 Å². The van der Waals surface area contributed by atoms with E-state index < -0.39 is 24.0 Å². The summed E-state index contributed by atoms with van der Waals surface area (Å²) < 4.78 is 0. The van der Waals surface area contributed by atoms with E-state index in [1.165, 1.54) is 0 Å². The fourth-order valence-electron chi connectivity index (χ4n) is 2.34. The Hall–Kier alpha value is -1.83. The molecule has 8 heteroatoms. The molecule has 2 atom stereocenters. The third-order valence-corrected chi connectivity index (χ3v) is 3.62. The highest BCUT2D eigenvalue weighted by atomic mass is 16.4. The quantitative estimate of drug-likeness (QED) is 0.499. The zero-order valence-electron chi connectivity index (χ0n) is 12.2. The van der Waals surface area contributed by atoms with Crippen molar-refractivity contribution in [2.75, 3.05) is 26.2 Å². The number of nitrogens with zero attached hydrogens (tertiary/aromatic N) is 1. The molecule has 0 aromatic heterocycles. The van der Waals surface area contributed by atoms with Crippen LogP contribution in [-0.4, -0.2) is 65.3 Å². The zero-order chi connectivity index (χ0) is 15.8. The summed E-state index contributed by atoms with van der Waals surface area (Å²) in [5.74, 6) is -1.95. The molecular weight excluding hydrogens is 278 g/mol. The number of carboxylic acid groups (broad SMARTS) is 2. The van der Waals surface area contributed by atoms with Gasteiger partial charge in [0, 0.05) is 19.5 Å². The van der Waals surface area contributed by atoms with Gasteiger partial charge in [-0.15, -0.1) is 0 Å². The van der Waals surface area contributed by atoms with Gasteiger partial charge in [-0.3, -0.25) is 4.79 Å². The number of amides is 2. The van der Waals surface area contributed by atoms with Gasteiger partial charge in [-0.1, -0.05) is 6.92 Å². The van der Waals surface area contributed by atoms with Gasteiger partial charge in [-0.25, -0.2) is 9.59 Å². The number of aliphatic carboxylic acids is 2. The molecule has 0 bridgehead atoms. The van der Waals surface area contributed by atoms with E-state index in [4.69, 9.17) is 10.2 Å². The number of carboxylic acids is 2. The van der Waals surface area contributed by atoms with Crippen LogP contribution in [0.1, 0.15) is 26.2 Å². The SMILES string of the molecule is CCN1CCC(CNC(=O)N[C@@H](CCC(=O)O)C(=O)O)C1. The molecule has 1 unspecified atom stereocenters. The van der Waals surface area contributed by atoms with Crippen LogP contribution in [0.4, 0.5) is 4.79 Å². The number of nitrogens with one attached hydrogen (secondary N) is 2. The number of hydrogen-bond acceptors (Lipinski definition) is 4. The number of likely N-dealkylation sites (tertiary alicyclic amines) is 1. The van der Waals surface area contributed by atoms with E-state index in [1.54, 1.807) is 0 Å². The molecular formula is C13H23N3O5. The molecule has 1 aliphatic rings. The van der Waals surface area contributed by atoms with Gasteiger partial charge in [0.2, 0.25) is 0 Å². The smallest absolute Gasteiger partial charge is 0.326 e. The van der Waals surface area contributed by atoms with Gasteiger partial charge >= 0.3 is 18.0 Å². The van der Waals surface area contributed by atoms with E-state index in [0.29, 0.717) is 12.5 Å². The Morgan fingerprint density at radius 1 is 1.33 bits per heavy atom. The molecule has 4 N–H and O–H groups in total. The van der Waals surface area contributed by atoms with Crippen molar-refractivity contribution >= 4 is 18.0 Å². The number of rotatable bonds is 8. The van der Waals surface area contributed by atoms with Crippen molar-refractivity contribution < 1.29 is 24.6 Å². The zero-order valence-corrected chi connectivity index (χ0v) is 12.2. The van der Waals surface area contributed by atoms with Crippen LogP contribution in [0, 0.1) is 5.92 Å². The summed E-state index contributed by atoms with van der Waals surface area (Å²) >= 11 is 0. The summed E-state index contributed by atoms with van der Waals surface area (Å²) in [7, 11) is 0. The monoisotopic (exact) mass is 301 g/mol. The Bertz CT molecular complexity index is 388. The van der Waals surface area contributed by atoms with Crippen molar-refractivity contribution in [1.82, 2.24) is 15.5 Å². The van der Waals surface area contributed by atoms with Crippen LogP contribution in [0.15, 0.2) is 0 Å². The first-order valence-corrected chi connectivity index (χ1v) is 7.13. The van der Waals surface area contributed by atoms with Crippen LogP contribution in [0.3, 0.4) is 0 Å². The Balaban J connectivity index is 2.30. The summed E-state index contributed by atoms with van der Waals surface area (Å²) in [5.41, 5.74) is 0. The maximum atomic E-state index is 11.7. The van der Waals surface area contributed by atoms with Crippen molar-refractivity contribution in [1.29, 1.82) is 0 Å². The molecule has 1 fully saturated rings. The molecule has 0 aliphatic carbocycles. The van der Waals surface area contributed by atoms with Gasteiger partial charge in [-0.2, -0.15) is 0 Å². The molecule has 21 heavy (non-hydrogen) atoms. The summed E-state index contributed by atoms with van der Waals surface area (Å²) in [6.07, 6.45) is 0.575. The summed E-state index contributed by atoms with van der Waals surface area (Å²) in [6, 6.07) is -1.75. The van der Waals surface area contributed by atoms with Crippen molar-refractivity contribution in [3.8, 4) is 0 Å². The first kappa shape index (κ1) is 17.2. The van der Waals surface area contributed by atoms with E-state index in [-0.39, 0.29) is 12.8 Å². The molecule has 1 aliphatic heterocycles. The van der Waals surface area contributed by atoms with E-state index >= 15 is 0 Å². The molecule has 0 aromatic rings. The van der Waals surface area contributed by atoms with Crippen molar-refractivity contribution in [2.45, 2.75) is 32.2 Å². The van der Waals surface area contributed by atoms with Gasteiger partial charge in [0.1, 0.15) is 6.04 Å². The highest BCUT2D eigenvalue weighted by Crippen LogP contribution is 2.14. The lowest BCUT2D eigenvalue weighted by atomic mass is 10.1. The lowest BCUT2D eigenvalue weighted by molar-refractivity contribution is -0.140. The van der Waals surface area contributed by atoms with E-state index in [0.717, 1.165) is 26.1 Å². The Labute approximate surface area is 123 Å². The fourth-order valence-corrected chi connectivity index (χ4v) is 2.34. The van der Waals surface area contributed by atoms with Gasteiger partial charge in [0.15, 0.2) is 0 Å². The first-order chi connectivity index (χ1) is 9.92. The van der Waals surface area contributed by atoms with Crippen LogP contribution in [0.5, 0.6) is 0 Å². The second-order valence-electron chi connectivity index (χ2n) is 5.23. The van der Waals surface area contributed by atoms with Crippen LogP contribution in [0.2, 0.25) is 0 Å². The first-order valence-electron chi connectivity index (χ1n) is 7.13. The molecule has 1 rings (SSSR count). The topological polar surface area (TPSA) is 119 Å². The lowest BCUT2D eigenvalue weighted by Crippen LogP contribution is -2.47. The molecule has 8 nitrogen and oxygen atoms in total. The third-order valence-electron chi connectivity index (χ3n) is 3.62. The predicted molar refractivity (Wildman–Crippen MR) is 75.0 cm³/mol. The van der Waals surface area contributed by atoms with Crippen molar-refractivity contribution in [2.24, 2.45) is 5.92 Å². The Morgan fingerprint density at radius 2 is 2.05 bits per heavy atom. The Morgan fingerprint density at radius 3 is 2.57 bits per heavy atom. The molecule has 0 spiro atoms. The lowest BCUT2D eigenvalue weighted by Gasteiger charge is -2.16. The van der Waals surface area contributed by atoms with Crippen LogP contribution < -0.4 is 10.6 Å². The van der Waals surface area contributed by atoms with E-state index in [9.17, 15) is 14.4 Å². The standard InChI is InChI=1S/C13H23N3O5/c1-2-16-6-5-9(8-16)7-14-13(21)15-10(12(19)20)3-4-11(17)18/h9-10H,2-8H2,1H3,(H,17,18)(H,19,20)(H2,14,15,21)/t9?,10-/m0/s1. The minimum atomic E-state index is -1.23. The maximum absolute atomic E-state index is 11.7. The number of carbonyl (C=O) groups is 3. The molecule has 1 heterocycles. The van der Waals surface area contributed by atoms with Gasteiger partial charge in [0.05, 0.1) is 0 Å². The fraction of sp³-hybridized carbons (Fsp3) is 0.769. The van der Waals surface area contributed by atoms with Crippen LogP contribution in [-0.2, 0) is 9.59 Å². The largest absolute Gasteiger partial charge is 0.481 e. The van der Waals surface area contributed by atoms with Crippen LogP contribution in [0.25, 0.3) is 0 Å². The van der Waals surface area contributed by atoms with Gasteiger partial charge < -0.3 is 25.7 Å². The molecule has 2 amide bonds.